The summed E-state index contributed by atoms with van der Waals surface area (Å²) in [5, 5.41) is 16.0. The number of nitrogens with zero attached hydrogens (tertiary/aromatic N) is 5. The van der Waals surface area contributed by atoms with E-state index in [9.17, 15) is 0 Å². The molecule has 7 nitrogen and oxygen atoms in total. The number of methoxy groups -OCH3 is 1. The maximum absolute atomic E-state index is 5.41. The zero-order valence-corrected chi connectivity index (χ0v) is 13.5. The van der Waals surface area contributed by atoms with E-state index >= 15 is 0 Å². The zero-order valence-electron chi connectivity index (χ0n) is 13.5. The summed E-state index contributed by atoms with van der Waals surface area (Å²) in [4.78, 5) is 0. The molecule has 0 radical (unpaired) electrons. The van der Waals surface area contributed by atoms with Gasteiger partial charge in [-0.05, 0) is 19.1 Å². The Kier molecular flexibility index (Phi) is 4.38. The standard InChI is InChI=1S/C16H20N6O/c1-12-14(16(23-3)21(2)20-12)9-17-10-15-19-18-11-22(15)13-7-5-4-6-8-13/h4-8,11,17H,9-10H2,1-3H3. The fraction of sp³-hybridized carbons (Fsp3) is 0.312. The van der Waals surface area contributed by atoms with Gasteiger partial charge in [0.1, 0.15) is 6.33 Å². The predicted octanol–water partition coefficient (Wildman–Crippen LogP) is 1.61. The van der Waals surface area contributed by atoms with Crippen molar-refractivity contribution in [3.63, 3.8) is 0 Å². The monoisotopic (exact) mass is 312 g/mol. The van der Waals surface area contributed by atoms with Crippen molar-refractivity contribution in [3.8, 4) is 11.6 Å². The first-order chi connectivity index (χ1) is 11.2. The molecule has 0 saturated heterocycles. The van der Waals surface area contributed by atoms with Crippen molar-refractivity contribution in [2.45, 2.75) is 20.0 Å². The van der Waals surface area contributed by atoms with E-state index in [0.29, 0.717) is 13.1 Å². The number of rotatable bonds is 6. The van der Waals surface area contributed by atoms with Crippen LogP contribution in [0.2, 0.25) is 0 Å². The minimum Gasteiger partial charge on any atom is -0.481 e. The summed E-state index contributed by atoms with van der Waals surface area (Å²) in [5.74, 6) is 1.64. The minimum atomic E-state index is 0.604. The summed E-state index contributed by atoms with van der Waals surface area (Å²) in [6, 6.07) is 10.0. The highest BCUT2D eigenvalue weighted by Gasteiger charge is 2.14. The Morgan fingerprint density at radius 1 is 1.17 bits per heavy atom. The number of nitrogens with one attached hydrogen (secondary N) is 1. The molecule has 0 aliphatic heterocycles. The van der Waals surface area contributed by atoms with Crippen LogP contribution in [0.3, 0.4) is 0 Å². The number of hydrogen-bond acceptors (Lipinski definition) is 5. The van der Waals surface area contributed by atoms with Crippen molar-refractivity contribution in [1.82, 2.24) is 29.9 Å². The van der Waals surface area contributed by atoms with E-state index in [-0.39, 0.29) is 0 Å². The molecule has 0 fully saturated rings. The minimum absolute atomic E-state index is 0.604. The highest BCUT2D eigenvalue weighted by Crippen LogP contribution is 2.20. The molecule has 0 spiro atoms. The Morgan fingerprint density at radius 3 is 2.70 bits per heavy atom. The van der Waals surface area contributed by atoms with Gasteiger partial charge in [0.25, 0.3) is 0 Å². The van der Waals surface area contributed by atoms with Gasteiger partial charge in [-0.15, -0.1) is 10.2 Å². The molecule has 7 heteroatoms. The van der Waals surface area contributed by atoms with Gasteiger partial charge in [-0.3, -0.25) is 4.57 Å². The second-order valence-corrected chi connectivity index (χ2v) is 5.25. The van der Waals surface area contributed by atoms with Gasteiger partial charge in [0.2, 0.25) is 5.88 Å². The van der Waals surface area contributed by atoms with Crippen molar-refractivity contribution < 1.29 is 4.74 Å². The topological polar surface area (TPSA) is 69.8 Å². The largest absolute Gasteiger partial charge is 0.481 e. The Hall–Kier alpha value is -2.67. The Labute approximate surface area is 134 Å². The Bertz CT molecular complexity index is 777. The average Bonchev–Trinajstić information content (AvgIpc) is 3.13. The van der Waals surface area contributed by atoms with Gasteiger partial charge in [-0.2, -0.15) is 5.10 Å². The van der Waals surface area contributed by atoms with Gasteiger partial charge >= 0.3 is 0 Å². The third kappa shape index (κ3) is 3.09. The number of ether oxygens (including phenoxy) is 1. The number of hydrogen-bond donors (Lipinski definition) is 1. The van der Waals surface area contributed by atoms with Crippen molar-refractivity contribution in [3.05, 3.63) is 53.7 Å². The Morgan fingerprint density at radius 2 is 1.96 bits per heavy atom. The van der Waals surface area contributed by atoms with E-state index < -0.39 is 0 Å². The molecule has 1 N–H and O–H groups in total. The molecule has 1 aromatic carbocycles. The highest BCUT2D eigenvalue weighted by molar-refractivity contribution is 5.32. The fourth-order valence-corrected chi connectivity index (χ4v) is 2.62. The van der Waals surface area contributed by atoms with Crippen LogP contribution in [0.5, 0.6) is 5.88 Å². The van der Waals surface area contributed by atoms with Crippen LogP contribution in [-0.4, -0.2) is 31.7 Å². The number of aryl methyl sites for hydroxylation is 2. The SMILES string of the molecule is COc1c(CNCc2nncn2-c2ccccc2)c(C)nn1C. The molecule has 0 aliphatic rings. The van der Waals surface area contributed by atoms with Crippen LogP contribution in [0.4, 0.5) is 0 Å². The van der Waals surface area contributed by atoms with Gasteiger partial charge in [-0.25, -0.2) is 4.68 Å². The molecule has 120 valence electrons. The maximum Gasteiger partial charge on any atom is 0.216 e. The molecular formula is C16H20N6O. The number of para-hydroxylation sites is 1. The molecule has 2 aromatic heterocycles. The lowest BCUT2D eigenvalue weighted by atomic mass is 10.2. The van der Waals surface area contributed by atoms with Gasteiger partial charge in [0.05, 0.1) is 24.9 Å². The van der Waals surface area contributed by atoms with Crippen molar-refractivity contribution in [1.29, 1.82) is 0 Å². The van der Waals surface area contributed by atoms with E-state index in [1.165, 1.54) is 0 Å². The third-order valence-corrected chi connectivity index (χ3v) is 3.72. The fourth-order valence-electron chi connectivity index (χ4n) is 2.62. The number of benzene rings is 1. The van der Waals surface area contributed by atoms with Gasteiger partial charge < -0.3 is 10.1 Å². The summed E-state index contributed by atoms with van der Waals surface area (Å²) in [5.41, 5.74) is 3.06. The van der Waals surface area contributed by atoms with Gasteiger partial charge in [-0.1, -0.05) is 18.2 Å². The molecule has 23 heavy (non-hydrogen) atoms. The Balaban J connectivity index is 1.70. The van der Waals surface area contributed by atoms with E-state index in [2.05, 4.69) is 20.6 Å². The zero-order chi connectivity index (χ0) is 16.2. The first kappa shape index (κ1) is 15.2. The summed E-state index contributed by atoms with van der Waals surface area (Å²) >= 11 is 0. The molecule has 0 unspecified atom stereocenters. The molecular weight excluding hydrogens is 292 g/mol. The number of aromatic nitrogens is 5. The van der Waals surface area contributed by atoms with Crippen LogP contribution in [0, 0.1) is 6.92 Å². The quantitative estimate of drug-likeness (QED) is 0.749. The van der Waals surface area contributed by atoms with E-state index in [1.807, 2.05) is 48.9 Å². The summed E-state index contributed by atoms with van der Waals surface area (Å²) in [6.07, 6.45) is 1.72. The van der Waals surface area contributed by atoms with E-state index in [4.69, 9.17) is 4.74 Å². The molecule has 0 atom stereocenters. The third-order valence-electron chi connectivity index (χ3n) is 3.72. The van der Waals surface area contributed by atoms with Crippen LogP contribution in [0.25, 0.3) is 5.69 Å². The molecule has 3 aromatic rings. The first-order valence-electron chi connectivity index (χ1n) is 7.42. The summed E-state index contributed by atoms with van der Waals surface area (Å²) < 4.78 is 9.13. The normalized spacial score (nSPS) is 10.9. The van der Waals surface area contributed by atoms with Crippen molar-refractivity contribution >= 4 is 0 Å². The molecule has 0 aliphatic carbocycles. The van der Waals surface area contributed by atoms with Crippen LogP contribution >= 0.6 is 0 Å². The predicted molar refractivity (Wildman–Crippen MR) is 86.4 cm³/mol. The smallest absolute Gasteiger partial charge is 0.216 e. The molecule has 0 saturated carbocycles. The van der Waals surface area contributed by atoms with Crippen LogP contribution < -0.4 is 10.1 Å². The van der Waals surface area contributed by atoms with E-state index in [0.717, 1.165) is 28.6 Å². The van der Waals surface area contributed by atoms with E-state index in [1.54, 1.807) is 18.1 Å². The van der Waals surface area contributed by atoms with Crippen molar-refractivity contribution in [2.75, 3.05) is 7.11 Å². The average molecular weight is 312 g/mol. The highest BCUT2D eigenvalue weighted by atomic mass is 16.5. The first-order valence-corrected chi connectivity index (χ1v) is 7.42. The van der Waals surface area contributed by atoms with Crippen LogP contribution in [-0.2, 0) is 20.1 Å². The lowest BCUT2D eigenvalue weighted by molar-refractivity contribution is 0.368. The second kappa shape index (κ2) is 6.62. The van der Waals surface area contributed by atoms with Gasteiger partial charge in [0.15, 0.2) is 5.82 Å². The second-order valence-electron chi connectivity index (χ2n) is 5.25. The van der Waals surface area contributed by atoms with Crippen LogP contribution in [0.1, 0.15) is 17.1 Å². The maximum atomic E-state index is 5.41. The lowest BCUT2D eigenvalue weighted by Gasteiger charge is -2.08. The molecule has 2 heterocycles. The lowest BCUT2D eigenvalue weighted by Crippen LogP contribution is -2.17. The molecule has 0 amide bonds. The van der Waals surface area contributed by atoms with Gasteiger partial charge in [0, 0.05) is 19.3 Å². The summed E-state index contributed by atoms with van der Waals surface area (Å²) in [7, 11) is 3.54. The summed E-state index contributed by atoms with van der Waals surface area (Å²) in [6.45, 7) is 3.24. The molecule has 0 bridgehead atoms. The van der Waals surface area contributed by atoms with Crippen LogP contribution in [0.15, 0.2) is 36.7 Å². The molecule has 3 rings (SSSR count). The van der Waals surface area contributed by atoms with Crippen molar-refractivity contribution in [2.24, 2.45) is 7.05 Å².